The molecule has 4 aromatic carbocycles. The predicted molar refractivity (Wildman–Crippen MR) is 147 cm³/mol. The number of phenols is 1. The van der Waals surface area contributed by atoms with Crippen molar-refractivity contribution in [1.82, 2.24) is 9.97 Å². The number of nitrogens with one attached hydrogen (secondary N) is 1. The number of rotatable bonds is 5. The van der Waals surface area contributed by atoms with Crippen LogP contribution < -0.4 is 5.32 Å². The summed E-state index contributed by atoms with van der Waals surface area (Å²) in [6, 6.07) is 29.8. The van der Waals surface area contributed by atoms with Gasteiger partial charge in [0.25, 0.3) is 0 Å². The maximum Gasteiger partial charge on any atom is 0.229 e. The van der Waals surface area contributed by atoms with Gasteiger partial charge in [-0.25, -0.2) is 9.97 Å². The minimum absolute atomic E-state index is 0.113. The predicted octanol–water partition coefficient (Wildman–Crippen LogP) is 6.26. The van der Waals surface area contributed by atoms with Crippen LogP contribution in [0.25, 0.3) is 22.0 Å². The molecule has 1 heterocycles. The van der Waals surface area contributed by atoms with Crippen LogP contribution in [0.15, 0.2) is 91.0 Å². The first-order valence-corrected chi connectivity index (χ1v) is 12.7. The number of aromatic nitrogens is 2. The topological polar surface area (TPSA) is 75.1 Å². The molecule has 0 radical (unpaired) electrons. The highest BCUT2D eigenvalue weighted by molar-refractivity contribution is 5.93. The van der Waals surface area contributed by atoms with Crippen LogP contribution in [0.4, 0.5) is 5.82 Å². The molecule has 1 aliphatic carbocycles. The van der Waals surface area contributed by atoms with Crippen molar-refractivity contribution in [2.45, 2.75) is 32.1 Å². The van der Waals surface area contributed by atoms with E-state index in [1.165, 1.54) is 0 Å². The van der Waals surface area contributed by atoms with Crippen molar-refractivity contribution in [2.24, 2.45) is 0 Å². The lowest BCUT2D eigenvalue weighted by Gasteiger charge is -2.15. The van der Waals surface area contributed by atoms with E-state index in [1.54, 1.807) is 6.07 Å². The van der Waals surface area contributed by atoms with Gasteiger partial charge in [0.2, 0.25) is 5.91 Å². The number of aryl methyl sites for hydroxylation is 2. The minimum atomic E-state index is -0.113. The molecular weight excluding hydrogens is 458 g/mol. The minimum Gasteiger partial charge on any atom is -0.508 e. The molecule has 0 atom stereocenters. The summed E-state index contributed by atoms with van der Waals surface area (Å²) < 4.78 is 0. The Morgan fingerprint density at radius 3 is 2.49 bits per heavy atom. The first-order valence-electron chi connectivity index (χ1n) is 12.7. The zero-order valence-electron chi connectivity index (χ0n) is 20.4. The van der Waals surface area contributed by atoms with E-state index in [2.05, 4.69) is 41.7 Å². The lowest BCUT2D eigenvalue weighted by molar-refractivity contribution is -0.115. The third-order valence-corrected chi connectivity index (χ3v) is 6.89. The molecule has 0 spiro atoms. The second kappa shape index (κ2) is 9.86. The SMILES string of the molecule is O=C(Cc1ccc2ccccc2c1)Nc1nc2c(nc1Cc1ccccc1)-c1ccc(O)cc1CCC2. The molecule has 182 valence electrons. The van der Waals surface area contributed by atoms with Gasteiger partial charge in [0.1, 0.15) is 5.75 Å². The van der Waals surface area contributed by atoms with Crippen LogP contribution in [-0.2, 0) is 30.5 Å². The molecule has 1 aromatic heterocycles. The summed E-state index contributed by atoms with van der Waals surface area (Å²) in [6.45, 7) is 0. The van der Waals surface area contributed by atoms with Gasteiger partial charge in [0.05, 0.1) is 23.5 Å². The molecule has 0 unspecified atom stereocenters. The van der Waals surface area contributed by atoms with Crippen LogP contribution in [0, 0.1) is 0 Å². The zero-order valence-corrected chi connectivity index (χ0v) is 20.4. The first kappa shape index (κ1) is 22.9. The number of carbonyl (C=O) groups is 1. The van der Waals surface area contributed by atoms with Crippen LogP contribution in [-0.4, -0.2) is 21.0 Å². The molecule has 6 rings (SSSR count). The van der Waals surface area contributed by atoms with Gasteiger partial charge in [0.15, 0.2) is 5.82 Å². The van der Waals surface area contributed by atoms with E-state index in [0.717, 1.165) is 69.4 Å². The van der Waals surface area contributed by atoms with Gasteiger partial charge in [-0.2, -0.15) is 0 Å². The average molecular weight is 486 g/mol. The van der Waals surface area contributed by atoms with Crippen LogP contribution >= 0.6 is 0 Å². The summed E-state index contributed by atoms with van der Waals surface area (Å²) in [7, 11) is 0. The third-order valence-electron chi connectivity index (χ3n) is 6.89. The summed E-state index contributed by atoms with van der Waals surface area (Å²) in [5.74, 6) is 0.672. The van der Waals surface area contributed by atoms with Crippen molar-refractivity contribution in [3.63, 3.8) is 0 Å². The number of phenolic OH excluding ortho intramolecular Hbond substituents is 1. The Kier molecular flexibility index (Phi) is 6.11. The van der Waals surface area contributed by atoms with E-state index in [9.17, 15) is 9.90 Å². The molecule has 0 fully saturated rings. The van der Waals surface area contributed by atoms with Crippen LogP contribution in [0.3, 0.4) is 0 Å². The number of nitrogens with zero attached hydrogens (tertiary/aromatic N) is 2. The molecule has 0 saturated heterocycles. The van der Waals surface area contributed by atoms with Crippen LogP contribution in [0.2, 0.25) is 0 Å². The van der Waals surface area contributed by atoms with Gasteiger partial charge >= 0.3 is 0 Å². The zero-order chi connectivity index (χ0) is 25.2. The van der Waals surface area contributed by atoms with Crippen molar-refractivity contribution >= 4 is 22.5 Å². The van der Waals surface area contributed by atoms with Gasteiger partial charge < -0.3 is 10.4 Å². The number of carbonyl (C=O) groups excluding carboxylic acids is 1. The Balaban J connectivity index is 1.35. The van der Waals surface area contributed by atoms with Gasteiger partial charge in [-0.3, -0.25) is 4.79 Å². The maximum absolute atomic E-state index is 13.2. The van der Waals surface area contributed by atoms with Crippen molar-refractivity contribution < 1.29 is 9.90 Å². The van der Waals surface area contributed by atoms with Gasteiger partial charge in [-0.15, -0.1) is 0 Å². The molecular formula is C32H27N3O2. The van der Waals surface area contributed by atoms with E-state index in [0.29, 0.717) is 12.2 Å². The fraction of sp³-hybridized carbons (Fsp3) is 0.156. The highest BCUT2D eigenvalue weighted by Crippen LogP contribution is 2.34. The molecule has 0 bridgehead atoms. The van der Waals surface area contributed by atoms with Crippen molar-refractivity contribution in [2.75, 3.05) is 5.32 Å². The highest BCUT2D eigenvalue weighted by atomic mass is 16.3. The third kappa shape index (κ3) is 4.94. The lowest BCUT2D eigenvalue weighted by atomic mass is 10.0. The van der Waals surface area contributed by atoms with E-state index >= 15 is 0 Å². The molecule has 5 heteroatoms. The largest absolute Gasteiger partial charge is 0.508 e. The van der Waals surface area contributed by atoms with Gasteiger partial charge in [0, 0.05) is 12.0 Å². The average Bonchev–Trinajstić information content (AvgIpc) is 3.07. The van der Waals surface area contributed by atoms with Crippen molar-refractivity contribution in [3.8, 4) is 17.0 Å². The van der Waals surface area contributed by atoms with Crippen LogP contribution in [0.5, 0.6) is 5.75 Å². The Morgan fingerprint density at radius 1 is 0.811 bits per heavy atom. The quantitative estimate of drug-likeness (QED) is 0.308. The number of amides is 1. The molecule has 2 N–H and O–H groups in total. The van der Waals surface area contributed by atoms with Crippen LogP contribution in [0.1, 0.15) is 34.5 Å². The van der Waals surface area contributed by atoms with E-state index in [1.807, 2.05) is 48.5 Å². The maximum atomic E-state index is 13.2. The normalized spacial score (nSPS) is 12.4. The standard InChI is InChI=1S/C32H27N3O2/c36-26-15-16-27-25(20-26)11-6-12-28-31(27)33-29(18-21-7-2-1-3-8-21)32(34-28)35-30(37)19-22-13-14-23-9-4-5-10-24(23)17-22/h1-5,7-10,13-17,20,36H,6,11-12,18-19H2,(H,34,35,37). The molecule has 37 heavy (non-hydrogen) atoms. The lowest BCUT2D eigenvalue weighted by Crippen LogP contribution is -2.18. The monoisotopic (exact) mass is 485 g/mol. The van der Waals surface area contributed by atoms with Gasteiger partial charge in [-0.05, 0) is 64.9 Å². The number of fused-ring (bicyclic) bond motifs is 4. The van der Waals surface area contributed by atoms with Gasteiger partial charge in [-0.1, -0.05) is 72.8 Å². The number of benzene rings is 4. The number of anilines is 1. The summed E-state index contributed by atoms with van der Waals surface area (Å²) in [6.07, 6.45) is 3.33. The van der Waals surface area contributed by atoms with E-state index in [4.69, 9.17) is 9.97 Å². The number of hydrogen-bond acceptors (Lipinski definition) is 4. The number of hydrogen-bond donors (Lipinski definition) is 2. The summed E-state index contributed by atoms with van der Waals surface area (Å²) in [5.41, 5.74) is 6.58. The molecule has 1 aliphatic rings. The van der Waals surface area contributed by atoms with Crippen molar-refractivity contribution in [1.29, 1.82) is 0 Å². The Hall–Kier alpha value is -4.51. The van der Waals surface area contributed by atoms with Crippen molar-refractivity contribution in [3.05, 3.63) is 119 Å². The fourth-order valence-corrected chi connectivity index (χ4v) is 5.08. The molecule has 5 aromatic rings. The number of aromatic hydroxyl groups is 1. The second-order valence-electron chi connectivity index (χ2n) is 9.58. The molecule has 0 saturated carbocycles. The summed E-state index contributed by atoms with van der Waals surface area (Å²) in [5, 5.41) is 15.4. The fourth-order valence-electron chi connectivity index (χ4n) is 5.08. The summed E-state index contributed by atoms with van der Waals surface area (Å²) >= 11 is 0. The smallest absolute Gasteiger partial charge is 0.229 e. The second-order valence-corrected chi connectivity index (χ2v) is 9.58. The Morgan fingerprint density at radius 2 is 1.62 bits per heavy atom. The molecule has 5 nitrogen and oxygen atoms in total. The Bertz CT molecular complexity index is 1610. The molecule has 1 amide bonds. The molecule has 0 aliphatic heterocycles. The van der Waals surface area contributed by atoms with E-state index in [-0.39, 0.29) is 18.1 Å². The Labute approximate surface area is 215 Å². The van der Waals surface area contributed by atoms with E-state index < -0.39 is 0 Å². The summed E-state index contributed by atoms with van der Waals surface area (Å²) in [4.78, 5) is 23.2. The highest BCUT2D eigenvalue weighted by Gasteiger charge is 2.22. The first-order chi connectivity index (χ1) is 18.1.